The van der Waals surface area contributed by atoms with Crippen LogP contribution in [0.3, 0.4) is 0 Å². The van der Waals surface area contributed by atoms with Gasteiger partial charge in [-0.05, 0) is 42.0 Å². The Hall–Kier alpha value is -2.71. The number of hydrogen-bond acceptors (Lipinski definition) is 4. The van der Waals surface area contributed by atoms with Crippen LogP contribution in [0.25, 0.3) is 12.2 Å². The maximum atomic E-state index is 11.9. The maximum absolute atomic E-state index is 11.9. The Labute approximate surface area is 135 Å². The molecule has 0 atom stereocenters. The van der Waals surface area contributed by atoms with Crippen molar-refractivity contribution in [2.24, 2.45) is 0 Å². The molecule has 120 valence electrons. The van der Waals surface area contributed by atoms with Gasteiger partial charge in [0.15, 0.2) is 0 Å². The van der Waals surface area contributed by atoms with E-state index in [-0.39, 0.29) is 6.61 Å². The lowest BCUT2D eigenvalue weighted by molar-refractivity contribution is 0.0899. The molecule has 5 heteroatoms. The van der Waals surface area contributed by atoms with E-state index in [9.17, 15) is 4.39 Å². The molecule has 2 aromatic carbocycles. The van der Waals surface area contributed by atoms with Crippen molar-refractivity contribution >= 4 is 23.5 Å². The summed E-state index contributed by atoms with van der Waals surface area (Å²) in [6, 6.07) is 14.9. The Bertz CT molecular complexity index is 642. The molecule has 0 aliphatic heterocycles. The first-order valence-electron chi connectivity index (χ1n) is 7.22. The second-order valence-corrected chi connectivity index (χ2v) is 4.77. The minimum atomic E-state index is -0.498. The van der Waals surface area contributed by atoms with E-state index in [1.54, 1.807) is 12.1 Å². The normalized spacial score (nSPS) is 10.7. The van der Waals surface area contributed by atoms with Crippen molar-refractivity contribution in [3.63, 3.8) is 0 Å². The summed E-state index contributed by atoms with van der Waals surface area (Å²) in [5.41, 5.74) is 14.4. The Kier molecular flexibility index (Phi) is 6.28. The lowest BCUT2D eigenvalue weighted by Crippen LogP contribution is -2.09. The largest absolute Gasteiger partial charge is 0.489 e. The lowest BCUT2D eigenvalue weighted by atomic mass is 10.1. The monoisotopic (exact) mass is 314 g/mol. The highest BCUT2D eigenvalue weighted by molar-refractivity contribution is 5.71. The standard InChI is InChI=1S/C18H19FN2O2/c19-9-10-22-11-12-23-18-13-15(5-8-17(18)21)2-1-14-3-6-16(20)7-4-14/h1-3,5-6,8,13H,9-12,20-21H2/b2-1+. The Morgan fingerprint density at radius 1 is 1.00 bits per heavy atom. The molecule has 2 aromatic rings. The highest BCUT2D eigenvalue weighted by Crippen LogP contribution is 2.23. The van der Waals surface area contributed by atoms with E-state index in [4.69, 9.17) is 20.9 Å². The third-order valence-corrected chi connectivity index (χ3v) is 2.99. The molecule has 4 nitrogen and oxygen atoms in total. The first kappa shape index (κ1) is 16.7. The Balaban J connectivity index is 1.97. The predicted molar refractivity (Wildman–Crippen MR) is 90.6 cm³/mol. The number of nitrogen functional groups attached to an aromatic ring is 2. The molecule has 0 heterocycles. The average molecular weight is 314 g/mol. The van der Waals surface area contributed by atoms with E-state index < -0.39 is 6.67 Å². The van der Waals surface area contributed by atoms with Crippen LogP contribution in [0.4, 0.5) is 15.8 Å². The number of benzene rings is 1. The number of ether oxygens (including phenoxy) is 2. The number of hydrogen-bond donors (Lipinski definition) is 2. The predicted octanol–water partition coefficient (Wildman–Crippen LogP) is 2.99. The fourth-order valence-corrected chi connectivity index (χ4v) is 1.84. The van der Waals surface area contributed by atoms with Crippen molar-refractivity contribution in [3.05, 3.63) is 53.6 Å². The quantitative estimate of drug-likeness (QED) is 0.580. The van der Waals surface area contributed by atoms with Crippen LogP contribution >= 0.6 is 0 Å². The third kappa shape index (κ3) is 5.53. The average Bonchev–Trinajstić information content (AvgIpc) is 2.56. The minimum absolute atomic E-state index is 0.0801. The van der Waals surface area contributed by atoms with Crippen LogP contribution < -0.4 is 16.2 Å². The molecule has 23 heavy (non-hydrogen) atoms. The van der Waals surface area contributed by atoms with Crippen molar-refractivity contribution in [1.82, 2.24) is 0 Å². The van der Waals surface area contributed by atoms with Gasteiger partial charge in [0.2, 0.25) is 0 Å². The molecule has 0 fully saturated rings. The topological polar surface area (TPSA) is 70.5 Å². The fourth-order valence-electron chi connectivity index (χ4n) is 1.84. The summed E-state index contributed by atoms with van der Waals surface area (Å²) in [7, 11) is 0. The molecule has 0 unspecified atom stereocenters. The van der Waals surface area contributed by atoms with Gasteiger partial charge in [-0.2, -0.15) is 0 Å². The Morgan fingerprint density at radius 3 is 2.61 bits per heavy atom. The molecular formula is C18H19FN2O2. The number of anilines is 2. The van der Waals surface area contributed by atoms with Crippen LogP contribution in [0, 0.1) is 12.1 Å². The molecule has 0 saturated heterocycles. The SMILES string of the molecule is Nc1c#cc(/C=C/c2ccc(N)c(OCCOCCF)c2)cc1. The number of alkyl halides is 1. The second-order valence-electron chi connectivity index (χ2n) is 4.77. The van der Waals surface area contributed by atoms with Gasteiger partial charge >= 0.3 is 0 Å². The van der Waals surface area contributed by atoms with Crippen molar-refractivity contribution < 1.29 is 13.9 Å². The van der Waals surface area contributed by atoms with E-state index in [1.165, 1.54) is 0 Å². The molecule has 0 aromatic heterocycles. The first-order valence-corrected chi connectivity index (χ1v) is 7.22. The van der Waals surface area contributed by atoms with Crippen LogP contribution in [0.2, 0.25) is 0 Å². The van der Waals surface area contributed by atoms with Gasteiger partial charge in [-0.3, -0.25) is 0 Å². The van der Waals surface area contributed by atoms with Crippen LogP contribution in [0.1, 0.15) is 11.1 Å². The zero-order chi connectivity index (χ0) is 16.5. The van der Waals surface area contributed by atoms with Crippen molar-refractivity contribution in [3.8, 4) is 5.75 Å². The molecule has 0 aliphatic rings. The van der Waals surface area contributed by atoms with E-state index in [2.05, 4.69) is 12.1 Å². The van der Waals surface area contributed by atoms with E-state index in [1.807, 2.05) is 30.4 Å². The molecule has 4 N–H and O–H groups in total. The number of rotatable bonds is 8. The summed E-state index contributed by atoms with van der Waals surface area (Å²) >= 11 is 0. The van der Waals surface area contributed by atoms with Gasteiger partial charge in [0.05, 0.1) is 24.6 Å². The van der Waals surface area contributed by atoms with Gasteiger partial charge in [-0.25, -0.2) is 4.39 Å². The first-order chi connectivity index (χ1) is 11.2. The lowest BCUT2D eigenvalue weighted by Gasteiger charge is -2.09. The smallest absolute Gasteiger partial charge is 0.142 e. The highest BCUT2D eigenvalue weighted by atomic mass is 19.1. The summed E-state index contributed by atoms with van der Waals surface area (Å²) in [6.07, 6.45) is 3.82. The van der Waals surface area contributed by atoms with E-state index >= 15 is 0 Å². The van der Waals surface area contributed by atoms with Gasteiger partial charge < -0.3 is 20.9 Å². The molecule has 0 bridgehead atoms. The number of halogens is 1. The molecule has 0 amide bonds. The van der Waals surface area contributed by atoms with Gasteiger partial charge in [0.25, 0.3) is 0 Å². The van der Waals surface area contributed by atoms with Gasteiger partial charge in [-0.15, -0.1) is 0 Å². The van der Waals surface area contributed by atoms with Gasteiger partial charge in [-0.1, -0.05) is 18.2 Å². The summed E-state index contributed by atoms with van der Waals surface area (Å²) in [5.74, 6) is 0.573. The molecule has 0 spiro atoms. The third-order valence-electron chi connectivity index (χ3n) is 2.99. The van der Waals surface area contributed by atoms with Crippen LogP contribution in [0.5, 0.6) is 5.75 Å². The van der Waals surface area contributed by atoms with Crippen LogP contribution in [-0.2, 0) is 4.74 Å². The second kappa shape index (κ2) is 8.66. The van der Waals surface area contributed by atoms with Crippen LogP contribution in [-0.4, -0.2) is 26.5 Å². The molecule has 2 rings (SSSR count). The van der Waals surface area contributed by atoms with Crippen molar-refractivity contribution in [2.45, 2.75) is 0 Å². The van der Waals surface area contributed by atoms with Gasteiger partial charge in [0, 0.05) is 5.56 Å². The fraction of sp³-hybridized carbons (Fsp3) is 0.222. The molecule has 0 aliphatic carbocycles. The summed E-state index contributed by atoms with van der Waals surface area (Å²) in [6.45, 7) is 0.219. The summed E-state index contributed by atoms with van der Waals surface area (Å²) in [5, 5.41) is 0. The van der Waals surface area contributed by atoms with Crippen LogP contribution in [0.15, 0.2) is 30.3 Å². The maximum Gasteiger partial charge on any atom is 0.142 e. The summed E-state index contributed by atoms with van der Waals surface area (Å²) < 4.78 is 22.5. The zero-order valence-corrected chi connectivity index (χ0v) is 12.7. The summed E-state index contributed by atoms with van der Waals surface area (Å²) in [4.78, 5) is 0. The number of nitrogens with two attached hydrogens (primary N) is 2. The molecular weight excluding hydrogens is 295 g/mol. The van der Waals surface area contributed by atoms with E-state index in [0.717, 1.165) is 11.1 Å². The minimum Gasteiger partial charge on any atom is -0.489 e. The highest BCUT2D eigenvalue weighted by Gasteiger charge is 2.01. The Morgan fingerprint density at radius 2 is 1.87 bits per heavy atom. The van der Waals surface area contributed by atoms with Crippen molar-refractivity contribution in [1.29, 1.82) is 0 Å². The van der Waals surface area contributed by atoms with E-state index in [0.29, 0.717) is 30.3 Å². The zero-order valence-electron chi connectivity index (χ0n) is 12.7. The molecule has 0 radical (unpaired) electrons. The molecule has 0 saturated carbocycles. The van der Waals surface area contributed by atoms with Gasteiger partial charge in [0.1, 0.15) is 19.0 Å². The van der Waals surface area contributed by atoms with Crippen molar-refractivity contribution in [2.75, 3.05) is 38.0 Å².